The van der Waals surface area contributed by atoms with E-state index in [-0.39, 0.29) is 18.0 Å². The van der Waals surface area contributed by atoms with E-state index in [0.29, 0.717) is 32.5 Å². The predicted octanol–water partition coefficient (Wildman–Crippen LogP) is 5.21. The van der Waals surface area contributed by atoms with Crippen LogP contribution in [0.4, 0.5) is 21.9 Å². The highest BCUT2D eigenvalue weighted by Crippen LogP contribution is 2.45. The molecule has 0 saturated carbocycles. The fraction of sp³-hybridized carbons (Fsp3) is 0.192. The SMILES string of the molecule is CN1CCC(NC(=O)c2sc3nccc4c3c2NC(=O)N4c2ccc(Oc3ccccc3)cc2)C1. The van der Waals surface area contributed by atoms with Gasteiger partial charge in [-0.15, -0.1) is 11.3 Å². The molecule has 0 spiro atoms. The molecular weight excluding hydrogens is 462 g/mol. The molecule has 176 valence electrons. The molecule has 2 N–H and O–H groups in total. The van der Waals surface area contributed by atoms with Crippen LogP contribution in [0.25, 0.3) is 10.2 Å². The van der Waals surface area contributed by atoms with E-state index < -0.39 is 0 Å². The van der Waals surface area contributed by atoms with E-state index in [1.54, 1.807) is 17.2 Å². The molecular formula is C26H23N5O3S. The molecule has 35 heavy (non-hydrogen) atoms. The molecule has 6 rings (SSSR count). The quantitative estimate of drug-likeness (QED) is 0.405. The van der Waals surface area contributed by atoms with E-state index in [9.17, 15) is 9.59 Å². The maximum absolute atomic E-state index is 13.3. The summed E-state index contributed by atoms with van der Waals surface area (Å²) in [5.74, 6) is 1.24. The first kappa shape index (κ1) is 21.6. The van der Waals surface area contributed by atoms with Crippen molar-refractivity contribution in [2.24, 2.45) is 0 Å². The Kier molecular flexibility index (Phi) is 5.35. The number of nitrogens with one attached hydrogen (secondary N) is 2. The lowest BCUT2D eigenvalue weighted by Crippen LogP contribution is -2.37. The summed E-state index contributed by atoms with van der Waals surface area (Å²) in [4.78, 5) is 35.8. The number of anilines is 3. The van der Waals surface area contributed by atoms with Gasteiger partial charge in [0.15, 0.2) is 0 Å². The summed E-state index contributed by atoms with van der Waals surface area (Å²) in [6.07, 6.45) is 2.58. The monoisotopic (exact) mass is 485 g/mol. The Hall–Kier alpha value is -3.95. The van der Waals surface area contributed by atoms with E-state index in [1.807, 2.05) is 61.6 Å². The van der Waals surface area contributed by atoms with Crippen molar-refractivity contribution in [2.75, 3.05) is 30.4 Å². The Morgan fingerprint density at radius 2 is 1.89 bits per heavy atom. The number of ether oxygens (including phenoxy) is 1. The van der Waals surface area contributed by atoms with Crippen molar-refractivity contribution in [2.45, 2.75) is 12.5 Å². The van der Waals surface area contributed by atoms with Crippen molar-refractivity contribution in [3.8, 4) is 11.5 Å². The van der Waals surface area contributed by atoms with Gasteiger partial charge in [-0.25, -0.2) is 9.78 Å². The van der Waals surface area contributed by atoms with Crippen LogP contribution < -0.4 is 20.3 Å². The van der Waals surface area contributed by atoms with Crippen molar-refractivity contribution < 1.29 is 14.3 Å². The van der Waals surface area contributed by atoms with Gasteiger partial charge in [-0.2, -0.15) is 0 Å². The van der Waals surface area contributed by atoms with Gasteiger partial charge < -0.3 is 20.3 Å². The van der Waals surface area contributed by atoms with Gasteiger partial charge in [0.05, 0.1) is 22.4 Å². The van der Waals surface area contributed by atoms with Crippen LogP contribution in [-0.4, -0.2) is 48.0 Å². The van der Waals surface area contributed by atoms with E-state index in [2.05, 4.69) is 20.5 Å². The normalized spacial score (nSPS) is 17.5. The maximum Gasteiger partial charge on any atom is 0.331 e. The Morgan fingerprint density at radius 3 is 2.63 bits per heavy atom. The lowest BCUT2D eigenvalue weighted by atomic mass is 10.1. The number of hydrogen-bond acceptors (Lipinski definition) is 6. The number of para-hydroxylation sites is 1. The highest BCUT2D eigenvalue weighted by molar-refractivity contribution is 7.21. The van der Waals surface area contributed by atoms with Crippen LogP contribution in [0.5, 0.6) is 11.5 Å². The van der Waals surface area contributed by atoms with Gasteiger partial charge in [0, 0.05) is 18.8 Å². The van der Waals surface area contributed by atoms with Gasteiger partial charge in [0.1, 0.15) is 21.2 Å². The number of rotatable bonds is 5. The van der Waals surface area contributed by atoms with Crippen molar-refractivity contribution in [3.05, 3.63) is 71.7 Å². The van der Waals surface area contributed by atoms with Crippen LogP contribution in [-0.2, 0) is 0 Å². The van der Waals surface area contributed by atoms with Crippen molar-refractivity contribution >= 4 is 50.6 Å². The maximum atomic E-state index is 13.3. The second kappa shape index (κ2) is 8.68. The second-order valence-corrected chi connectivity index (χ2v) is 9.71. The number of amides is 3. The topological polar surface area (TPSA) is 86.8 Å². The zero-order chi connectivity index (χ0) is 23.9. The van der Waals surface area contributed by atoms with Crippen LogP contribution in [0.2, 0.25) is 0 Å². The van der Waals surface area contributed by atoms with Gasteiger partial charge in [0.2, 0.25) is 0 Å². The molecule has 4 aromatic rings. The van der Waals surface area contributed by atoms with E-state index in [1.165, 1.54) is 11.3 Å². The average Bonchev–Trinajstić information content (AvgIpc) is 3.44. The van der Waals surface area contributed by atoms with Gasteiger partial charge in [-0.1, -0.05) is 18.2 Å². The summed E-state index contributed by atoms with van der Waals surface area (Å²) in [6, 6.07) is 18.4. The van der Waals surface area contributed by atoms with E-state index in [4.69, 9.17) is 4.74 Å². The molecule has 2 aliphatic rings. The summed E-state index contributed by atoms with van der Waals surface area (Å²) >= 11 is 1.30. The van der Waals surface area contributed by atoms with Crippen LogP contribution in [0.3, 0.4) is 0 Å². The van der Waals surface area contributed by atoms with Crippen LogP contribution >= 0.6 is 11.3 Å². The largest absolute Gasteiger partial charge is 0.457 e. The molecule has 2 aromatic heterocycles. The number of carbonyl (C=O) groups is 2. The highest BCUT2D eigenvalue weighted by Gasteiger charge is 2.33. The fourth-order valence-electron chi connectivity index (χ4n) is 4.59. The standard InChI is InChI=1S/C26H23N5O3S/c1-30-14-12-16(15-30)28-24(32)23-22-21-20(11-13-27-25(21)35-23)31(26(33)29-22)17-7-9-19(10-8-17)34-18-5-3-2-4-6-18/h2-11,13,16H,12,14-15H2,1H3,(H,28,32)(H,29,33). The minimum atomic E-state index is -0.324. The summed E-state index contributed by atoms with van der Waals surface area (Å²) in [5, 5.41) is 6.83. The number of benzene rings is 2. The smallest absolute Gasteiger partial charge is 0.331 e. The summed E-state index contributed by atoms with van der Waals surface area (Å²) in [7, 11) is 2.04. The van der Waals surface area contributed by atoms with E-state index in [0.717, 1.165) is 30.6 Å². The van der Waals surface area contributed by atoms with E-state index >= 15 is 0 Å². The zero-order valence-corrected chi connectivity index (χ0v) is 19.8. The second-order valence-electron chi connectivity index (χ2n) is 8.71. The van der Waals surface area contributed by atoms with Gasteiger partial charge in [-0.3, -0.25) is 9.69 Å². The molecule has 1 fully saturated rings. The molecule has 8 nitrogen and oxygen atoms in total. The fourth-order valence-corrected chi connectivity index (χ4v) is 5.61. The third-order valence-electron chi connectivity index (χ3n) is 6.25. The molecule has 1 unspecified atom stereocenters. The van der Waals surface area contributed by atoms with Crippen LogP contribution in [0.1, 0.15) is 16.1 Å². The lowest BCUT2D eigenvalue weighted by molar-refractivity contribution is 0.0943. The number of aromatic nitrogens is 1. The van der Waals surface area contributed by atoms with Crippen LogP contribution in [0, 0.1) is 0 Å². The third-order valence-corrected chi connectivity index (χ3v) is 7.35. The third kappa shape index (κ3) is 3.98. The number of carbonyl (C=O) groups excluding carboxylic acids is 2. The van der Waals surface area contributed by atoms with Crippen molar-refractivity contribution in [3.63, 3.8) is 0 Å². The van der Waals surface area contributed by atoms with Crippen molar-refractivity contribution in [1.82, 2.24) is 15.2 Å². The lowest BCUT2D eigenvalue weighted by Gasteiger charge is -2.28. The van der Waals surface area contributed by atoms with Gasteiger partial charge in [0.25, 0.3) is 5.91 Å². The predicted molar refractivity (Wildman–Crippen MR) is 137 cm³/mol. The number of nitrogens with zero attached hydrogens (tertiary/aromatic N) is 3. The summed E-state index contributed by atoms with van der Waals surface area (Å²) in [5.41, 5.74) is 1.91. The molecule has 3 amide bonds. The molecule has 4 heterocycles. The summed E-state index contributed by atoms with van der Waals surface area (Å²) in [6.45, 7) is 1.77. The Morgan fingerprint density at radius 1 is 1.11 bits per heavy atom. The number of hydrogen-bond donors (Lipinski definition) is 2. The molecule has 1 atom stereocenters. The number of urea groups is 1. The highest BCUT2D eigenvalue weighted by atomic mass is 32.1. The van der Waals surface area contributed by atoms with Gasteiger partial charge in [-0.05, 0) is 62.5 Å². The Balaban J connectivity index is 1.31. The van der Waals surface area contributed by atoms with Crippen molar-refractivity contribution in [1.29, 1.82) is 0 Å². The Labute approximate surface area is 206 Å². The number of thiophene rings is 1. The number of likely N-dealkylation sites (tertiary alicyclic amines) is 1. The zero-order valence-electron chi connectivity index (χ0n) is 19.0. The first-order chi connectivity index (χ1) is 17.1. The minimum absolute atomic E-state index is 0.102. The summed E-state index contributed by atoms with van der Waals surface area (Å²) < 4.78 is 5.88. The van der Waals surface area contributed by atoms with Crippen LogP contribution in [0.15, 0.2) is 66.9 Å². The minimum Gasteiger partial charge on any atom is -0.457 e. The number of likely N-dealkylation sites (N-methyl/N-ethyl adjacent to an activating group) is 1. The first-order valence-corrected chi connectivity index (χ1v) is 12.2. The Bertz CT molecular complexity index is 1420. The first-order valence-electron chi connectivity index (χ1n) is 11.4. The molecule has 1 saturated heterocycles. The molecule has 0 radical (unpaired) electrons. The number of pyridine rings is 1. The molecule has 2 aromatic carbocycles. The van der Waals surface area contributed by atoms with Gasteiger partial charge >= 0.3 is 6.03 Å². The molecule has 2 aliphatic heterocycles. The molecule has 0 aliphatic carbocycles. The average molecular weight is 486 g/mol. The molecule has 9 heteroatoms. The molecule has 0 bridgehead atoms.